The summed E-state index contributed by atoms with van der Waals surface area (Å²) in [5.74, 6) is -0.448. The predicted octanol–water partition coefficient (Wildman–Crippen LogP) is 10.4. The van der Waals surface area contributed by atoms with Crippen LogP contribution in [-0.4, -0.2) is 92.8 Å². The van der Waals surface area contributed by atoms with Crippen LogP contribution in [0.5, 0.6) is 0 Å². The molecule has 0 saturated carbocycles. The van der Waals surface area contributed by atoms with Gasteiger partial charge in [-0.15, -0.1) is 0 Å². The molecule has 0 bridgehead atoms. The molecule has 0 aromatic rings. The summed E-state index contributed by atoms with van der Waals surface area (Å²) in [6, 6.07) is 0. The van der Waals surface area contributed by atoms with Crippen LogP contribution in [0.2, 0.25) is 0 Å². The first-order valence-corrected chi connectivity index (χ1v) is 26.9. The van der Waals surface area contributed by atoms with Crippen LogP contribution < -0.4 is 0 Å². The Kier molecular flexibility index (Phi) is 39.9. The summed E-state index contributed by atoms with van der Waals surface area (Å²) in [5.41, 5.74) is 0. The van der Waals surface area contributed by atoms with Crippen molar-refractivity contribution in [3.8, 4) is 0 Å². The van der Waals surface area contributed by atoms with Gasteiger partial charge in [-0.3, -0.25) is 23.2 Å². The Morgan fingerprint density at radius 3 is 1.50 bits per heavy atom. The lowest BCUT2D eigenvalue weighted by molar-refractivity contribution is -0.161. The average Bonchev–Trinajstić information content (AvgIpc) is 3.23. The van der Waals surface area contributed by atoms with E-state index in [2.05, 4.69) is 29.8 Å². The van der Waals surface area contributed by atoms with Crippen LogP contribution in [0.1, 0.15) is 181 Å². The van der Waals surface area contributed by atoms with Gasteiger partial charge in [0.1, 0.15) is 12.7 Å². The molecule has 0 aromatic heterocycles. The van der Waals surface area contributed by atoms with E-state index >= 15 is 0 Å². The lowest BCUT2D eigenvalue weighted by Gasteiger charge is -2.20. The van der Waals surface area contributed by atoms with E-state index in [1.807, 2.05) is 24.3 Å². The molecule has 1 unspecified atom stereocenters. The lowest BCUT2D eigenvalue weighted by atomic mass is 10.0. The maximum atomic E-state index is 12.7. The number of aliphatic hydroxyl groups excluding tert-OH is 3. The summed E-state index contributed by atoms with van der Waals surface area (Å²) in [7, 11) is -9.77. The number of carbonyl (C=O) groups excluding carboxylic acids is 2. The number of phosphoric acid groups is 2. The van der Waals surface area contributed by atoms with E-state index in [0.717, 1.165) is 50.9 Å². The van der Waals surface area contributed by atoms with Crippen LogP contribution in [-0.2, 0) is 41.8 Å². The molecule has 64 heavy (non-hydrogen) atoms. The average molecular weight is 953 g/mol. The molecule has 374 valence electrons. The Morgan fingerprint density at radius 2 is 0.984 bits per heavy atom. The molecule has 17 heteroatoms. The normalized spacial score (nSPS) is 15.4. The predicted molar refractivity (Wildman–Crippen MR) is 251 cm³/mol. The van der Waals surface area contributed by atoms with Gasteiger partial charge in [0.2, 0.25) is 0 Å². The van der Waals surface area contributed by atoms with E-state index in [1.165, 1.54) is 77.0 Å². The van der Waals surface area contributed by atoms with Gasteiger partial charge in [-0.1, -0.05) is 185 Å². The zero-order valence-corrected chi connectivity index (χ0v) is 41.1. The van der Waals surface area contributed by atoms with Crippen molar-refractivity contribution < 1.29 is 71.8 Å². The van der Waals surface area contributed by atoms with Crippen molar-refractivity contribution in [2.24, 2.45) is 5.92 Å². The van der Waals surface area contributed by atoms with E-state index in [9.17, 15) is 38.9 Å². The Morgan fingerprint density at radius 1 is 0.531 bits per heavy atom. The number of carbonyl (C=O) groups is 2. The molecule has 0 radical (unpaired) electrons. The van der Waals surface area contributed by atoms with Gasteiger partial charge in [-0.2, -0.15) is 0 Å². The highest BCUT2D eigenvalue weighted by molar-refractivity contribution is 7.47. The summed E-state index contributed by atoms with van der Waals surface area (Å²) in [4.78, 5) is 52.8. The molecule has 0 fully saturated rings. The zero-order chi connectivity index (χ0) is 47.7. The zero-order valence-electron chi connectivity index (χ0n) is 39.3. The van der Waals surface area contributed by atoms with Crippen LogP contribution in [0.15, 0.2) is 48.6 Å². The Hall–Kier alpha value is -2.00. The Bertz CT molecular complexity index is 1360. The minimum Gasteiger partial charge on any atom is -0.462 e. The van der Waals surface area contributed by atoms with E-state index < -0.39 is 78.4 Å². The molecule has 6 N–H and O–H groups in total. The quantitative estimate of drug-likeness (QED) is 0.0144. The number of rotatable bonds is 44. The molecule has 0 aromatic carbocycles. The molecule has 0 amide bonds. The van der Waals surface area contributed by atoms with Gasteiger partial charge < -0.3 is 39.5 Å². The molecular formula is C47H86O15P2. The van der Waals surface area contributed by atoms with Crippen LogP contribution >= 0.6 is 15.6 Å². The minimum absolute atomic E-state index is 0.116. The highest BCUT2D eigenvalue weighted by Crippen LogP contribution is 2.43. The van der Waals surface area contributed by atoms with Crippen molar-refractivity contribution in [3.05, 3.63) is 48.6 Å². The Labute approximate surface area is 385 Å². The molecule has 0 aliphatic rings. The summed E-state index contributed by atoms with van der Waals surface area (Å²) in [6.45, 7) is 3.75. The number of ether oxygens (including phenoxy) is 2. The largest absolute Gasteiger partial charge is 0.472 e. The number of esters is 2. The van der Waals surface area contributed by atoms with Crippen LogP contribution in [0, 0.1) is 5.92 Å². The van der Waals surface area contributed by atoms with Gasteiger partial charge in [0.25, 0.3) is 0 Å². The fourth-order valence-electron chi connectivity index (χ4n) is 6.39. The van der Waals surface area contributed by atoms with E-state index in [0.29, 0.717) is 12.8 Å². The fourth-order valence-corrected chi connectivity index (χ4v) is 7.55. The minimum atomic E-state index is -4.89. The van der Waals surface area contributed by atoms with Crippen molar-refractivity contribution >= 4 is 27.6 Å². The second-order valence-electron chi connectivity index (χ2n) is 16.9. The highest BCUT2D eigenvalue weighted by Gasteiger charge is 2.28. The third kappa shape index (κ3) is 45.2. The molecule has 0 rings (SSSR count). The first kappa shape index (κ1) is 62.0. The summed E-state index contributed by atoms with van der Waals surface area (Å²) in [6.07, 6.45) is 34.6. The number of unbranched alkanes of at least 4 members (excludes halogenated alkanes) is 16. The SMILES string of the molecule is CCCCC[C@@H](O)/C=C/C=C\C/C=C\C=C\[C@@H](O)CCCC(=O)O[C@H](COC(=O)CCCCCCCCCCCCCCCCCC(C)C)COP(=O)(O)OC[C@@H](O)COP(=O)(O)O. The van der Waals surface area contributed by atoms with Gasteiger partial charge in [0.15, 0.2) is 6.10 Å². The summed E-state index contributed by atoms with van der Waals surface area (Å²) >= 11 is 0. The molecule has 0 saturated heterocycles. The van der Waals surface area contributed by atoms with Crippen molar-refractivity contribution in [2.75, 3.05) is 26.4 Å². The number of allylic oxidation sites excluding steroid dienone is 6. The van der Waals surface area contributed by atoms with Gasteiger partial charge in [0.05, 0.1) is 32.0 Å². The van der Waals surface area contributed by atoms with Crippen molar-refractivity contribution in [1.82, 2.24) is 0 Å². The van der Waals surface area contributed by atoms with Gasteiger partial charge in [-0.05, 0) is 38.0 Å². The van der Waals surface area contributed by atoms with Crippen molar-refractivity contribution in [2.45, 2.75) is 206 Å². The maximum absolute atomic E-state index is 12.7. The molecule has 0 aliphatic heterocycles. The summed E-state index contributed by atoms with van der Waals surface area (Å²) < 4.78 is 47.7. The molecule has 0 heterocycles. The fraction of sp³-hybridized carbons (Fsp3) is 0.787. The first-order valence-electron chi connectivity index (χ1n) is 23.9. The standard InChI is InChI=1S/C47H86O15P2/c1-4-5-24-31-42(48)32-26-21-17-15-18-22-27-33-43(49)34-29-36-47(52)62-45(40-61-64(56,57)60-38-44(50)37-59-63(53,54)55)39-58-46(51)35-28-23-19-14-12-10-8-6-7-9-11-13-16-20-25-30-41(2)3/h17-18,21-22,26-27,32-33,41-45,48-50H,4-16,19-20,23-25,28-31,34-40H2,1-3H3,(H,56,57)(H2,53,54,55)/b21-17-,22-18-,32-26+,33-27+/t42-,43-,44+,45-/m1/s1. The van der Waals surface area contributed by atoms with Gasteiger partial charge in [0, 0.05) is 12.8 Å². The number of aliphatic hydroxyl groups is 3. The third-order valence-electron chi connectivity index (χ3n) is 10.1. The van der Waals surface area contributed by atoms with E-state index in [4.69, 9.17) is 23.8 Å². The van der Waals surface area contributed by atoms with E-state index in [-0.39, 0.29) is 25.7 Å². The molecule has 0 aliphatic carbocycles. The van der Waals surface area contributed by atoms with Crippen molar-refractivity contribution in [1.29, 1.82) is 0 Å². The topological polar surface area (TPSA) is 236 Å². The molecule has 5 atom stereocenters. The summed E-state index contributed by atoms with van der Waals surface area (Å²) in [5, 5.41) is 30.0. The van der Waals surface area contributed by atoms with Crippen LogP contribution in [0.25, 0.3) is 0 Å². The number of hydrogen-bond acceptors (Lipinski definition) is 12. The van der Waals surface area contributed by atoms with Gasteiger partial charge >= 0.3 is 27.6 Å². The molecule has 15 nitrogen and oxygen atoms in total. The number of hydrogen-bond donors (Lipinski definition) is 6. The highest BCUT2D eigenvalue weighted by atomic mass is 31.2. The third-order valence-corrected chi connectivity index (χ3v) is 11.5. The second-order valence-corrected chi connectivity index (χ2v) is 19.6. The van der Waals surface area contributed by atoms with Crippen LogP contribution in [0.4, 0.5) is 0 Å². The van der Waals surface area contributed by atoms with Crippen molar-refractivity contribution in [3.63, 3.8) is 0 Å². The molecule has 0 spiro atoms. The number of phosphoric ester groups is 2. The lowest BCUT2D eigenvalue weighted by Crippen LogP contribution is -2.30. The van der Waals surface area contributed by atoms with Gasteiger partial charge in [-0.25, -0.2) is 9.13 Å². The first-order chi connectivity index (χ1) is 30.5. The Balaban J connectivity index is 4.66. The maximum Gasteiger partial charge on any atom is 0.472 e. The smallest absolute Gasteiger partial charge is 0.462 e. The van der Waals surface area contributed by atoms with Crippen LogP contribution in [0.3, 0.4) is 0 Å². The van der Waals surface area contributed by atoms with E-state index in [1.54, 1.807) is 24.3 Å². The monoisotopic (exact) mass is 953 g/mol. The molecular weight excluding hydrogens is 866 g/mol. The second kappa shape index (κ2) is 41.2.